The van der Waals surface area contributed by atoms with Crippen molar-refractivity contribution in [2.75, 3.05) is 18.0 Å². The van der Waals surface area contributed by atoms with Crippen LogP contribution < -0.4 is 15.6 Å². The molecule has 2 N–H and O–H groups in total. The third-order valence-electron chi connectivity index (χ3n) is 6.00. The molecule has 9 heteroatoms. The standard InChI is InChI=1S/C24H30FN3O5/c1-24(2,3)33-23(32)26-14-6-4-5-9-27(12-14)20-11-19-16(10-18(20)25)21(29)17(22(30)31)13-28(19)15-7-8-15/h10-11,13-15H,4-9,12H2,1-3H3,(H,26,32)(H,30,31)/t14-/m0/s1. The number of carbonyl (C=O) groups excluding carboxylic acids is 1. The molecule has 2 aliphatic rings. The van der Waals surface area contributed by atoms with Crippen LogP contribution in [0.1, 0.15) is 69.3 Å². The molecular weight excluding hydrogens is 429 g/mol. The molecule has 0 radical (unpaired) electrons. The molecule has 4 rings (SSSR count). The molecule has 1 atom stereocenters. The van der Waals surface area contributed by atoms with Crippen LogP contribution in [0.2, 0.25) is 0 Å². The lowest BCUT2D eigenvalue weighted by molar-refractivity contribution is 0.0503. The first kappa shape index (κ1) is 23.1. The third kappa shape index (κ3) is 5.12. The lowest BCUT2D eigenvalue weighted by Gasteiger charge is -2.29. The molecule has 2 fully saturated rings. The van der Waals surface area contributed by atoms with E-state index in [1.54, 1.807) is 31.4 Å². The molecule has 33 heavy (non-hydrogen) atoms. The predicted octanol–water partition coefficient (Wildman–Crippen LogP) is 4.06. The number of hydrogen-bond acceptors (Lipinski definition) is 5. The van der Waals surface area contributed by atoms with Crippen molar-refractivity contribution >= 4 is 28.7 Å². The topological polar surface area (TPSA) is 101 Å². The summed E-state index contributed by atoms with van der Waals surface area (Å²) in [6, 6.07) is 2.69. The van der Waals surface area contributed by atoms with Gasteiger partial charge >= 0.3 is 12.1 Å². The Morgan fingerprint density at radius 2 is 1.91 bits per heavy atom. The fourth-order valence-corrected chi connectivity index (χ4v) is 4.36. The van der Waals surface area contributed by atoms with E-state index in [9.17, 15) is 19.5 Å². The number of pyridine rings is 1. The Bertz CT molecular complexity index is 1150. The summed E-state index contributed by atoms with van der Waals surface area (Å²) in [5, 5.41) is 12.4. The highest BCUT2D eigenvalue weighted by Gasteiger charge is 2.29. The largest absolute Gasteiger partial charge is 0.477 e. The molecule has 1 aromatic heterocycles. The number of carbonyl (C=O) groups is 2. The van der Waals surface area contributed by atoms with Gasteiger partial charge in [0, 0.05) is 36.8 Å². The van der Waals surface area contributed by atoms with E-state index >= 15 is 4.39 Å². The van der Waals surface area contributed by atoms with Crippen molar-refractivity contribution in [1.29, 1.82) is 0 Å². The maximum atomic E-state index is 15.3. The summed E-state index contributed by atoms with van der Waals surface area (Å²) in [5.74, 6) is -1.90. The van der Waals surface area contributed by atoms with Gasteiger partial charge in [-0.1, -0.05) is 0 Å². The van der Waals surface area contributed by atoms with E-state index in [1.807, 2.05) is 4.90 Å². The maximum Gasteiger partial charge on any atom is 0.407 e. The summed E-state index contributed by atoms with van der Waals surface area (Å²) in [7, 11) is 0. The first-order chi connectivity index (χ1) is 15.5. The van der Waals surface area contributed by atoms with Gasteiger partial charge in [0.15, 0.2) is 0 Å². The van der Waals surface area contributed by atoms with Crippen molar-refractivity contribution in [3.05, 3.63) is 39.9 Å². The number of fused-ring (bicyclic) bond motifs is 1. The second-order valence-electron chi connectivity index (χ2n) is 9.92. The number of alkyl carbamates (subject to hydrolysis) is 1. The number of rotatable bonds is 4. The number of nitrogens with one attached hydrogen (secondary N) is 1. The van der Waals surface area contributed by atoms with Gasteiger partial charge in [-0.2, -0.15) is 0 Å². The molecule has 1 saturated carbocycles. The van der Waals surface area contributed by atoms with Crippen molar-refractivity contribution in [1.82, 2.24) is 9.88 Å². The molecule has 2 aromatic rings. The van der Waals surface area contributed by atoms with E-state index in [-0.39, 0.29) is 23.0 Å². The number of nitrogens with zero attached hydrogens (tertiary/aromatic N) is 2. The molecule has 2 heterocycles. The van der Waals surface area contributed by atoms with Crippen LogP contribution in [0.5, 0.6) is 0 Å². The number of anilines is 1. The Morgan fingerprint density at radius 3 is 2.55 bits per heavy atom. The minimum absolute atomic E-state index is 0.0706. The maximum absolute atomic E-state index is 15.3. The average Bonchev–Trinajstić information content (AvgIpc) is 3.54. The zero-order valence-electron chi connectivity index (χ0n) is 19.2. The van der Waals surface area contributed by atoms with Crippen LogP contribution in [0, 0.1) is 5.82 Å². The molecule has 0 unspecified atom stereocenters. The van der Waals surface area contributed by atoms with Crippen LogP contribution >= 0.6 is 0 Å². The molecule has 178 valence electrons. The van der Waals surface area contributed by atoms with Crippen LogP contribution in [0.4, 0.5) is 14.9 Å². The van der Waals surface area contributed by atoms with Gasteiger partial charge in [0.25, 0.3) is 0 Å². The van der Waals surface area contributed by atoms with Crippen LogP contribution in [0.15, 0.2) is 23.1 Å². The van der Waals surface area contributed by atoms with Gasteiger partial charge in [0.1, 0.15) is 17.0 Å². The molecule has 0 bridgehead atoms. The minimum atomic E-state index is -1.32. The van der Waals surface area contributed by atoms with Crippen LogP contribution in [0.25, 0.3) is 10.9 Å². The van der Waals surface area contributed by atoms with Gasteiger partial charge in [-0.05, 0) is 65.0 Å². The van der Waals surface area contributed by atoms with Crippen molar-refractivity contribution in [3.8, 4) is 0 Å². The minimum Gasteiger partial charge on any atom is -0.477 e. The lowest BCUT2D eigenvalue weighted by Crippen LogP contribution is -2.44. The van der Waals surface area contributed by atoms with Crippen molar-refractivity contribution in [2.45, 2.75) is 70.6 Å². The summed E-state index contributed by atoms with van der Waals surface area (Å²) in [4.78, 5) is 38.4. The quantitative estimate of drug-likeness (QED) is 0.715. The second-order valence-corrected chi connectivity index (χ2v) is 9.92. The average molecular weight is 460 g/mol. The Morgan fingerprint density at radius 1 is 1.18 bits per heavy atom. The van der Waals surface area contributed by atoms with E-state index in [2.05, 4.69) is 5.32 Å². The highest BCUT2D eigenvalue weighted by atomic mass is 19.1. The van der Waals surface area contributed by atoms with Crippen molar-refractivity contribution in [2.24, 2.45) is 0 Å². The summed E-state index contributed by atoms with van der Waals surface area (Å²) in [6.07, 6.45) is 5.10. The SMILES string of the molecule is CC(C)(C)OC(=O)N[C@H]1CCCCN(c2cc3c(cc2F)c(=O)c(C(=O)O)cn3C2CC2)C1. The Hall–Kier alpha value is -3.10. The summed E-state index contributed by atoms with van der Waals surface area (Å²) >= 11 is 0. The normalized spacial score (nSPS) is 19.3. The number of benzene rings is 1. The predicted molar refractivity (Wildman–Crippen MR) is 123 cm³/mol. The summed E-state index contributed by atoms with van der Waals surface area (Å²) < 4.78 is 22.4. The zero-order valence-corrected chi connectivity index (χ0v) is 19.2. The van der Waals surface area contributed by atoms with E-state index in [4.69, 9.17) is 4.74 Å². The Kier molecular flexibility index (Phi) is 6.07. The number of halogens is 1. The highest BCUT2D eigenvalue weighted by Crippen LogP contribution is 2.38. The Balaban J connectivity index is 1.68. The number of ether oxygens (including phenoxy) is 1. The van der Waals surface area contributed by atoms with Gasteiger partial charge in [-0.3, -0.25) is 4.79 Å². The van der Waals surface area contributed by atoms with E-state index in [1.165, 1.54) is 6.20 Å². The second kappa shape index (κ2) is 8.68. The Labute approximate surface area is 191 Å². The number of carboxylic acid groups (broad SMARTS) is 1. The lowest BCUT2D eigenvalue weighted by atomic mass is 10.1. The van der Waals surface area contributed by atoms with E-state index < -0.39 is 28.9 Å². The van der Waals surface area contributed by atoms with E-state index in [0.29, 0.717) is 24.3 Å². The van der Waals surface area contributed by atoms with Crippen LogP contribution in [-0.4, -0.2) is 46.5 Å². The number of aromatic nitrogens is 1. The third-order valence-corrected chi connectivity index (χ3v) is 6.00. The van der Waals surface area contributed by atoms with Crippen LogP contribution in [-0.2, 0) is 4.74 Å². The zero-order chi connectivity index (χ0) is 23.9. The molecule has 8 nitrogen and oxygen atoms in total. The summed E-state index contributed by atoms with van der Waals surface area (Å²) in [6.45, 7) is 6.40. The number of carboxylic acids is 1. The van der Waals surface area contributed by atoms with Gasteiger partial charge in [-0.15, -0.1) is 0 Å². The molecule has 0 spiro atoms. The highest BCUT2D eigenvalue weighted by molar-refractivity contribution is 5.93. The van der Waals surface area contributed by atoms with Crippen LogP contribution in [0.3, 0.4) is 0 Å². The molecule has 1 amide bonds. The molecule has 1 saturated heterocycles. The fourth-order valence-electron chi connectivity index (χ4n) is 4.36. The number of hydrogen-bond donors (Lipinski definition) is 2. The van der Waals surface area contributed by atoms with Gasteiger partial charge in [0.05, 0.1) is 11.2 Å². The van der Waals surface area contributed by atoms with Gasteiger partial charge < -0.3 is 24.6 Å². The molecule has 1 aliphatic heterocycles. The smallest absolute Gasteiger partial charge is 0.407 e. The molecule has 1 aromatic carbocycles. The number of amides is 1. The fraction of sp³-hybridized carbons (Fsp3) is 0.542. The van der Waals surface area contributed by atoms with Crippen molar-refractivity contribution in [3.63, 3.8) is 0 Å². The van der Waals surface area contributed by atoms with Gasteiger partial charge in [0.2, 0.25) is 5.43 Å². The molecular formula is C24H30FN3O5. The number of aromatic carboxylic acids is 1. The van der Waals surface area contributed by atoms with E-state index in [0.717, 1.165) is 38.2 Å². The monoisotopic (exact) mass is 459 g/mol. The van der Waals surface area contributed by atoms with Crippen molar-refractivity contribution < 1.29 is 23.8 Å². The summed E-state index contributed by atoms with van der Waals surface area (Å²) in [5.41, 5.74) is -0.763. The molecule has 1 aliphatic carbocycles. The van der Waals surface area contributed by atoms with Gasteiger partial charge in [-0.25, -0.2) is 14.0 Å². The first-order valence-electron chi connectivity index (χ1n) is 11.4. The first-order valence-corrected chi connectivity index (χ1v) is 11.4.